The highest BCUT2D eigenvalue weighted by Crippen LogP contribution is 2.23. The van der Waals surface area contributed by atoms with Crippen LogP contribution in [-0.2, 0) is 0 Å². The van der Waals surface area contributed by atoms with Crippen LogP contribution in [0.25, 0.3) is 0 Å². The van der Waals surface area contributed by atoms with E-state index in [1.807, 2.05) is 42.6 Å². The van der Waals surface area contributed by atoms with Gasteiger partial charge in [-0.15, -0.1) is 0 Å². The van der Waals surface area contributed by atoms with E-state index in [1.54, 1.807) is 0 Å². The number of para-hydroxylation sites is 1. The summed E-state index contributed by atoms with van der Waals surface area (Å²) in [6, 6.07) is 13.7. The van der Waals surface area contributed by atoms with Crippen LogP contribution in [0.5, 0.6) is 11.6 Å². The van der Waals surface area contributed by atoms with Crippen molar-refractivity contribution in [3.05, 3.63) is 48.7 Å². The van der Waals surface area contributed by atoms with Gasteiger partial charge in [0.1, 0.15) is 5.75 Å². The first-order valence-corrected chi connectivity index (χ1v) is 6.36. The Balaban J connectivity index is 1.71. The molecule has 1 aliphatic rings. The van der Waals surface area contributed by atoms with Gasteiger partial charge in [0.05, 0.1) is 11.9 Å². The molecule has 3 heteroatoms. The molecule has 0 aliphatic carbocycles. The summed E-state index contributed by atoms with van der Waals surface area (Å²) in [5.41, 5.74) is 1.19. The van der Waals surface area contributed by atoms with Gasteiger partial charge >= 0.3 is 0 Å². The Morgan fingerprint density at radius 1 is 0.944 bits per heavy atom. The normalized spacial score (nSPS) is 14.8. The molecule has 3 nitrogen and oxygen atoms in total. The zero-order valence-electron chi connectivity index (χ0n) is 10.2. The Morgan fingerprint density at radius 3 is 2.39 bits per heavy atom. The SMILES string of the molecule is c1ccc(Oc2ccc(N3CCCC3)cn2)cc1. The smallest absolute Gasteiger partial charge is 0.219 e. The molecule has 2 heterocycles. The number of aromatic nitrogens is 1. The molecule has 0 saturated carbocycles. The predicted octanol–water partition coefficient (Wildman–Crippen LogP) is 3.47. The second-order valence-electron chi connectivity index (χ2n) is 4.46. The van der Waals surface area contributed by atoms with Crippen molar-refractivity contribution in [1.29, 1.82) is 0 Å². The molecule has 1 aromatic heterocycles. The monoisotopic (exact) mass is 240 g/mol. The van der Waals surface area contributed by atoms with Gasteiger partial charge in [-0.05, 0) is 31.0 Å². The first-order valence-electron chi connectivity index (χ1n) is 6.36. The molecular formula is C15H16N2O. The minimum Gasteiger partial charge on any atom is -0.439 e. The number of rotatable bonds is 3. The Labute approximate surface area is 107 Å². The van der Waals surface area contributed by atoms with Crippen LogP contribution in [0.1, 0.15) is 12.8 Å². The second-order valence-corrected chi connectivity index (χ2v) is 4.46. The summed E-state index contributed by atoms with van der Waals surface area (Å²) < 4.78 is 5.67. The van der Waals surface area contributed by atoms with Gasteiger partial charge in [0, 0.05) is 19.2 Å². The summed E-state index contributed by atoms with van der Waals surface area (Å²) in [6.45, 7) is 2.28. The Bertz CT molecular complexity index is 490. The Kier molecular flexibility index (Phi) is 3.13. The number of anilines is 1. The van der Waals surface area contributed by atoms with Crippen molar-refractivity contribution in [2.75, 3.05) is 18.0 Å². The van der Waals surface area contributed by atoms with E-state index in [0.29, 0.717) is 5.88 Å². The van der Waals surface area contributed by atoms with Crippen molar-refractivity contribution >= 4 is 5.69 Å². The number of ether oxygens (including phenoxy) is 1. The summed E-state index contributed by atoms with van der Waals surface area (Å²) in [5, 5.41) is 0. The van der Waals surface area contributed by atoms with Crippen LogP contribution in [0.3, 0.4) is 0 Å². The lowest BCUT2D eigenvalue weighted by Crippen LogP contribution is -2.17. The van der Waals surface area contributed by atoms with E-state index >= 15 is 0 Å². The Hall–Kier alpha value is -2.03. The van der Waals surface area contributed by atoms with Crippen LogP contribution in [0.4, 0.5) is 5.69 Å². The molecule has 1 aromatic carbocycles. The van der Waals surface area contributed by atoms with E-state index in [1.165, 1.54) is 18.5 Å². The molecule has 92 valence electrons. The molecule has 0 N–H and O–H groups in total. The molecule has 0 radical (unpaired) electrons. The van der Waals surface area contributed by atoms with Gasteiger partial charge in [-0.1, -0.05) is 18.2 Å². The van der Waals surface area contributed by atoms with Crippen LogP contribution in [0, 0.1) is 0 Å². The van der Waals surface area contributed by atoms with Gasteiger partial charge in [-0.25, -0.2) is 4.98 Å². The maximum absolute atomic E-state index is 5.67. The highest BCUT2D eigenvalue weighted by atomic mass is 16.5. The lowest BCUT2D eigenvalue weighted by Gasteiger charge is -2.17. The maximum atomic E-state index is 5.67. The second kappa shape index (κ2) is 5.08. The van der Waals surface area contributed by atoms with Crippen LogP contribution in [-0.4, -0.2) is 18.1 Å². The largest absolute Gasteiger partial charge is 0.439 e. The topological polar surface area (TPSA) is 25.4 Å². The van der Waals surface area contributed by atoms with E-state index in [2.05, 4.69) is 16.0 Å². The van der Waals surface area contributed by atoms with Crippen molar-refractivity contribution in [3.8, 4) is 11.6 Å². The van der Waals surface area contributed by atoms with Crippen molar-refractivity contribution in [2.45, 2.75) is 12.8 Å². The number of pyridine rings is 1. The molecule has 1 aliphatic heterocycles. The fourth-order valence-corrected chi connectivity index (χ4v) is 2.20. The summed E-state index contributed by atoms with van der Waals surface area (Å²) in [5.74, 6) is 1.46. The number of nitrogens with zero attached hydrogens (tertiary/aromatic N) is 2. The first kappa shape index (κ1) is 11.1. The summed E-state index contributed by atoms with van der Waals surface area (Å²) in [7, 11) is 0. The van der Waals surface area contributed by atoms with Gasteiger partial charge < -0.3 is 9.64 Å². The third-order valence-electron chi connectivity index (χ3n) is 3.16. The summed E-state index contributed by atoms with van der Waals surface area (Å²) in [4.78, 5) is 6.72. The van der Waals surface area contributed by atoms with Gasteiger partial charge in [0.25, 0.3) is 0 Å². The molecule has 2 aromatic rings. The first-order chi connectivity index (χ1) is 8.92. The van der Waals surface area contributed by atoms with Crippen molar-refractivity contribution in [2.24, 2.45) is 0 Å². The van der Waals surface area contributed by atoms with E-state index in [-0.39, 0.29) is 0 Å². The van der Waals surface area contributed by atoms with Crippen molar-refractivity contribution in [1.82, 2.24) is 4.98 Å². The van der Waals surface area contributed by atoms with E-state index in [0.717, 1.165) is 18.8 Å². The number of benzene rings is 1. The summed E-state index contributed by atoms with van der Waals surface area (Å²) >= 11 is 0. The number of hydrogen-bond acceptors (Lipinski definition) is 3. The molecule has 0 atom stereocenters. The average Bonchev–Trinajstić information content (AvgIpc) is 2.95. The lowest BCUT2D eigenvalue weighted by molar-refractivity contribution is 0.463. The third-order valence-corrected chi connectivity index (χ3v) is 3.16. The molecule has 1 fully saturated rings. The molecule has 0 bridgehead atoms. The number of hydrogen-bond donors (Lipinski definition) is 0. The van der Waals surface area contributed by atoms with Gasteiger partial charge in [-0.3, -0.25) is 0 Å². The highest BCUT2D eigenvalue weighted by Gasteiger charge is 2.12. The predicted molar refractivity (Wildman–Crippen MR) is 72.2 cm³/mol. The summed E-state index contributed by atoms with van der Waals surface area (Å²) in [6.07, 6.45) is 4.45. The van der Waals surface area contributed by atoms with E-state index in [4.69, 9.17) is 4.74 Å². The molecule has 18 heavy (non-hydrogen) atoms. The third kappa shape index (κ3) is 2.45. The molecule has 0 unspecified atom stereocenters. The van der Waals surface area contributed by atoms with Crippen LogP contribution < -0.4 is 9.64 Å². The molecular weight excluding hydrogens is 224 g/mol. The fraction of sp³-hybridized carbons (Fsp3) is 0.267. The van der Waals surface area contributed by atoms with Crippen molar-refractivity contribution < 1.29 is 4.74 Å². The van der Waals surface area contributed by atoms with Gasteiger partial charge in [-0.2, -0.15) is 0 Å². The van der Waals surface area contributed by atoms with Crippen molar-refractivity contribution in [3.63, 3.8) is 0 Å². The molecule has 3 rings (SSSR count). The fourth-order valence-electron chi connectivity index (χ4n) is 2.20. The van der Waals surface area contributed by atoms with E-state index in [9.17, 15) is 0 Å². The molecule has 1 saturated heterocycles. The maximum Gasteiger partial charge on any atom is 0.219 e. The Morgan fingerprint density at radius 2 is 1.72 bits per heavy atom. The standard InChI is InChI=1S/C15H16N2O/c1-2-6-14(7-3-1)18-15-9-8-13(12-16-15)17-10-4-5-11-17/h1-3,6-9,12H,4-5,10-11H2. The van der Waals surface area contributed by atoms with Gasteiger partial charge in [0.2, 0.25) is 5.88 Å². The van der Waals surface area contributed by atoms with Gasteiger partial charge in [0.15, 0.2) is 0 Å². The minimum absolute atomic E-state index is 0.643. The zero-order valence-corrected chi connectivity index (χ0v) is 10.2. The van der Waals surface area contributed by atoms with Crippen LogP contribution in [0.15, 0.2) is 48.7 Å². The molecule has 0 amide bonds. The van der Waals surface area contributed by atoms with Crippen LogP contribution in [0.2, 0.25) is 0 Å². The minimum atomic E-state index is 0.643. The lowest BCUT2D eigenvalue weighted by atomic mass is 10.3. The highest BCUT2D eigenvalue weighted by molar-refractivity contribution is 5.46. The zero-order chi connectivity index (χ0) is 12.2. The molecule has 0 spiro atoms. The van der Waals surface area contributed by atoms with Crippen LogP contribution >= 0.6 is 0 Å². The quantitative estimate of drug-likeness (QED) is 0.821. The average molecular weight is 240 g/mol. The van der Waals surface area contributed by atoms with E-state index < -0.39 is 0 Å².